The Morgan fingerprint density at radius 3 is 2.74 bits per heavy atom. The zero-order valence-electron chi connectivity index (χ0n) is 15.6. The number of methoxy groups -OCH3 is 1. The van der Waals surface area contributed by atoms with Gasteiger partial charge < -0.3 is 14.2 Å². The van der Waals surface area contributed by atoms with Gasteiger partial charge in [-0.05, 0) is 42.1 Å². The minimum absolute atomic E-state index is 0.196. The Balaban J connectivity index is 1.30. The summed E-state index contributed by atoms with van der Waals surface area (Å²) in [4.78, 5) is 18.6. The molecule has 0 bridgehead atoms. The van der Waals surface area contributed by atoms with Crippen LogP contribution in [0.4, 0.5) is 0 Å². The number of hydrogen-bond donors (Lipinski definition) is 0. The Bertz CT molecular complexity index is 895. The highest BCUT2D eigenvalue weighted by Gasteiger charge is 2.21. The summed E-state index contributed by atoms with van der Waals surface area (Å²) in [5, 5.41) is 3.23. The molecule has 1 saturated heterocycles. The van der Waals surface area contributed by atoms with Crippen molar-refractivity contribution in [1.29, 1.82) is 0 Å². The van der Waals surface area contributed by atoms with Gasteiger partial charge in [0.25, 0.3) is 0 Å². The smallest absolute Gasteiger partial charge is 0.242 e. The van der Waals surface area contributed by atoms with E-state index in [-0.39, 0.29) is 5.91 Å². The second kappa shape index (κ2) is 8.15. The normalized spacial score (nSPS) is 15.4. The van der Waals surface area contributed by atoms with Gasteiger partial charge in [-0.15, -0.1) is 11.3 Å². The van der Waals surface area contributed by atoms with Crippen molar-refractivity contribution in [3.05, 3.63) is 52.9 Å². The SMILES string of the molecule is COc1ccc2c(ccn2CC(=O)N2CCN(CCc3cccs3)CC2)c1. The summed E-state index contributed by atoms with van der Waals surface area (Å²) in [7, 11) is 1.67. The molecule has 0 spiro atoms. The Kier molecular flexibility index (Phi) is 5.45. The van der Waals surface area contributed by atoms with Crippen LogP contribution in [0.2, 0.25) is 0 Å². The summed E-state index contributed by atoms with van der Waals surface area (Å²) in [6, 6.07) is 12.3. The van der Waals surface area contributed by atoms with Crippen LogP contribution in [-0.2, 0) is 17.8 Å². The maximum absolute atomic E-state index is 12.7. The third kappa shape index (κ3) is 4.17. The van der Waals surface area contributed by atoms with E-state index in [1.54, 1.807) is 7.11 Å². The molecule has 4 rings (SSSR count). The molecule has 5 nitrogen and oxygen atoms in total. The second-order valence-corrected chi connectivity index (χ2v) is 7.95. The maximum atomic E-state index is 12.7. The first-order valence-electron chi connectivity index (χ1n) is 9.38. The Morgan fingerprint density at radius 2 is 2.00 bits per heavy atom. The van der Waals surface area contributed by atoms with Crippen LogP contribution in [0.15, 0.2) is 48.0 Å². The van der Waals surface area contributed by atoms with E-state index in [0.29, 0.717) is 6.54 Å². The van der Waals surface area contributed by atoms with Gasteiger partial charge in [0.15, 0.2) is 0 Å². The zero-order chi connectivity index (χ0) is 18.6. The largest absolute Gasteiger partial charge is 0.497 e. The molecule has 3 aromatic rings. The second-order valence-electron chi connectivity index (χ2n) is 6.92. The lowest BCUT2D eigenvalue weighted by Crippen LogP contribution is -2.49. The Labute approximate surface area is 163 Å². The number of nitrogens with zero attached hydrogens (tertiary/aromatic N) is 3. The van der Waals surface area contributed by atoms with Crippen molar-refractivity contribution in [1.82, 2.24) is 14.4 Å². The van der Waals surface area contributed by atoms with Gasteiger partial charge in [0.05, 0.1) is 7.11 Å². The predicted molar refractivity (Wildman–Crippen MR) is 110 cm³/mol. The van der Waals surface area contributed by atoms with E-state index in [2.05, 4.69) is 22.4 Å². The van der Waals surface area contributed by atoms with Crippen LogP contribution in [0.5, 0.6) is 5.75 Å². The van der Waals surface area contributed by atoms with Crippen LogP contribution < -0.4 is 4.74 Å². The first-order valence-corrected chi connectivity index (χ1v) is 10.3. The average molecular weight is 384 g/mol. The molecular formula is C21H25N3O2S. The van der Waals surface area contributed by atoms with Gasteiger partial charge in [0.1, 0.15) is 12.3 Å². The van der Waals surface area contributed by atoms with Crippen molar-refractivity contribution in [3.63, 3.8) is 0 Å². The Morgan fingerprint density at radius 1 is 1.15 bits per heavy atom. The average Bonchev–Trinajstić information content (AvgIpc) is 3.36. The van der Waals surface area contributed by atoms with Gasteiger partial charge in [0, 0.05) is 54.7 Å². The van der Waals surface area contributed by atoms with Crippen molar-refractivity contribution >= 4 is 28.1 Å². The first kappa shape index (κ1) is 18.1. The number of benzene rings is 1. The van der Waals surface area contributed by atoms with Gasteiger partial charge in [-0.2, -0.15) is 0 Å². The lowest BCUT2D eigenvalue weighted by molar-refractivity contribution is -0.133. The highest BCUT2D eigenvalue weighted by atomic mass is 32.1. The van der Waals surface area contributed by atoms with Crippen LogP contribution in [0, 0.1) is 0 Å². The number of ether oxygens (including phenoxy) is 1. The summed E-state index contributed by atoms with van der Waals surface area (Å²) in [6.45, 7) is 5.02. The van der Waals surface area contributed by atoms with Gasteiger partial charge in [-0.3, -0.25) is 9.69 Å². The molecule has 27 heavy (non-hydrogen) atoms. The highest BCUT2D eigenvalue weighted by molar-refractivity contribution is 7.09. The maximum Gasteiger partial charge on any atom is 0.242 e. The molecule has 1 aliphatic rings. The topological polar surface area (TPSA) is 37.7 Å². The first-order chi connectivity index (χ1) is 13.2. The summed E-state index contributed by atoms with van der Waals surface area (Å²) in [6.07, 6.45) is 3.09. The molecule has 0 unspecified atom stereocenters. The number of aromatic nitrogens is 1. The number of piperazine rings is 1. The third-order valence-electron chi connectivity index (χ3n) is 5.26. The number of amides is 1. The van der Waals surface area contributed by atoms with E-state index in [0.717, 1.165) is 55.8 Å². The third-order valence-corrected chi connectivity index (χ3v) is 6.20. The molecule has 0 atom stereocenters. The highest BCUT2D eigenvalue weighted by Crippen LogP contribution is 2.22. The molecule has 1 amide bonds. The molecule has 0 radical (unpaired) electrons. The molecule has 0 saturated carbocycles. The van der Waals surface area contributed by atoms with Gasteiger partial charge >= 0.3 is 0 Å². The van der Waals surface area contributed by atoms with Gasteiger partial charge in [-0.25, -0.2) is 0 Å². The van der Waals surface area contributed by atoms with E-state index in [4.69, 9.17) is 4.74 Å². The molecule has 0 aliphatic carbocycles. The van der Waals surface area contributed by atoms with Crippen LogP contribution in [0.3, 0.4) is 0 Å². The number of fused-ring (bicyclic) bond motifs is 1. The summed E-state index contributed by atoms with van der Waals surface area (Å²) in [5.74, 6) is 1.03. The van der Waals surface area contributed by atoms with Crippen LogP contribution in [0.1, 0.15) is 4.88 Å². The molecule has 1 aromatic carbocycles. The number of rotatable bonds is 6. The standard InChI is InChI=1S/C21H25N3O2S/c1-26-18-4-5-20-17(15-18)6-9-24(20)16-21(25)23-12-10-22(11-13-23)8-7-19-3-2-14-27-19/h2-6,9,14-15H,7-8,10-13,16H2,1H3. The van der Waals surface area contributed by atoms with E-state index < -0.39 is 0 Å². The fraction of sp³-hybridized carbons (Fsp3) is 0.381. The number of thiophene rings is 1. The van der Waals surface area contributed by atoms with Gasteiger partial charge in [-0.1, -0.05) is 6.07 Å². The summed E-state index contributed by atoms with van der Waals surface area (Å²) >= 11 is 1.82. The molecule has 6 heteroatoms. The Hall–Kier alpha value is -2.31. The fourth-order valence-corrected chi connectivity index (χ4v) is 4.33. The summed E-state index contributed by atoms with van der Waals surface area (Å²) < 4.78 is 7.30. The number of carbonyl (C=O) groups is 1. The molecule has 1 fully saturated rings. The lowest BCUT2D eigenvalue weighted by atomic mass is 10.2. The quantitative estimate of drug-likeness (QED) is 0.656. The molecule has 0 N–H and O–H groups in total. The minimum Gasteiger partial charge on any atom is -0.497 e. The van der Waals surface area contributed by atoms with Crippen molar-refractivity contribution in [3.8, 4) is 5.75 Å². The molecule has 142 valence electrons. The fourth-order valence-electron chi connectivity index (χ4n) is 3.63. The van der Waals surface area contributed by atoms with E-state index in [1.165, 1.54) is 4.88 Å². The van der Waals surface area contributed by atoms with Crippen LogP contribution in [-0.4, -0.2) is 60.1 Å². The van der Waals surface area contributed by atoms with Crippen molar-refractivity contribution in [2.24, 2.45) is 0 Å². The number of hydrogen-bond acceptors (Lipinski definition) is 4. The monoisotopic (exact) mass is 383 g/mol. The molecule has 3 heterocycles. The van der Waals surface area contributed by atoms with Crippen molar-refractivity contribution in [2.75, 3.05) is 39.8 Å². The zero-order valence-corrected chi connectivity index (χ0v) is 16.5. The molecule has 1 aliphatic heterocycles. The minimum atomic E-state index is 0.196. The van der Waals surface area contributed by atoms with Gasteiger partial charge in [0.2, 0.25) is 5.91 Å². The lowest BCUT2D eigenvalue weighted by Gasteiger charge is -2.34. The van der Waals surface area contributed by atoms with E-state index in [9.17, 15) is 4.79 Å². The van der Waals surface area contributed by atoms with E-state index in [1.807, 2.05) is 51.3 Å². The molecule has 2 aromatic heterocycles. The van der Waals surface area contributed by atoms with Crippen molar-refractivity contribution < 1.29 is 9.53 Å². The van der Waals surface area contributed by atoms with E-state index >= 15 is 0 Å². The van der Waals surface area contributed by atoms with Crippen LogP contribution >= 0.6 is 11.3 Å². The summed E-state index contributed by atoms with van der Waals surface area (Å²) in [5.41, 5.74) is 1.07. The number of carbonyl (C=O) groups excluding carboxylic acids is 1. The van der Waals surface area contributed by atoms with Crippen LogP contribution in [0.25, 0.3) is 10.9 Å². The van der Waals surface area contributed by atoms with Crippen molar-refractivity contribution in [2.45, 2.75) is 13.0 Å². The predicted octanol–water partition coefficient (Wildman–Crippen LogP) is 3.10. The molecular weight excluding hydrogens is 358 g/mol.